The van der Waals surface area contributed by atoms with Gasteiger partial charge in [-0.1, -0.05) is 25.0 Å². The monoisotopic (exact) mass is 396 g/mol. The van der Waals surface area contributed by atoms with Crippen molar-refractivity contribution in [3.05, 3.63) is 29.8 Å². The first-order chi connectivity index (χ1) is 13.9. The minimum Gasteiger partial charge on any atom is -0.341 e. The second-order valence-electron chi connectivity index (χ2n) is 7.57. The first kappa shape index (κ1) is 20.4. The van der Waals surface area contributed by atoms with Crippen molar-refractivity contribution < 1.29 is 19.2 Å². The van der Waals surface area contributed by atoms with Crippen molar-refractivity contribution in [3.8, 4) is 12.3 Å². The molecule has 5 amide bonds. The highest BCUT2D eigenvalue weighted by Gasteiger charge is 2.52. The summed E-state index contributed by atoms with van der Waals surface area (Å²) >= 11 is 0. The molecule has 3 rings (SSSR count). The predicted molar refractivity (Wildman–Crippen MR) is 107 cm³/mol. The van der Waals surface area contributed by atoms with Crippen LogP contribution in [0.4, 0.5) is 10.5 Å². The third-order valence-electron chi connectivity index (χ3n) is 5.47. The molecular weight excluding hydrogens is 372 g/mol. The molecule has 0 atom stereocenters. The molecule has 1 spiro atoms. The van der Waals surface area contributed by atoms with Crippen LogP contribution in [0.2, 0.25) is 0 Å². The van der Waals surface area contributed by atoms with Gasteiger partial charge in [-0.2, -0.15) is 0 Å². The van der Waals surface area contributed by atoms with E-state index in [1.165, 1.54) is 0 Å². The number of urea groups is 1. The van der Waals surface area contributed by atoms with Crippen LogP contribution < -0.4 is 16.0 Å². The number of hydrogen-bond acceptors (Lipinski definition) is 4. The Bertz CT molecular complexity index is 881. The standard InChI is InChI=1S/C21H24N4O4/c1-3-12-22-18(27)15-6-4-5-7-16(15)23-17(26)13-25-19(28)21(24-20(25)29)10-8-14(2)9-11-21/h1,4-7,14H,8-13H2,2H3,(H,22,27)(H,23,26)(H,24,29). The first-order valence-electron chi connectivity index (χ1n) is 9.61. The Kier molecular flexibility index (Phi) is 5.87. The number of terminal acetylenes is 1. The number of anilines is 1. The second kappa shape index (κ2) is 8.35. The lowest BCUT2D eigenvalue weighted by atomic mass is 9.77. The molecule has 3 N–H and O–H groups in total. The van der Waals surface area contributed by atoms with Crippen LogP contribution in [-0.4, -0.2) is 47.3 Å². The summed E-state index contributed by atoms with van der Waals surface area (Å²) in [7, 11) is 0. The van der Waals surface area contributed by atoms with E-state index in [0.29, 0.717) is 18.8 Å². The van der Waals surface area contributed by atoms with E-state index in [-0.39, 0.29) is 23.7 Å². The summed E-state index contributed by atoms with van der Waals surface area (Å²) in [4.78, 5) is 50.9. The van der Waals surface area contributed by atoms with E-state index in [1.54, 1.807) is 24.3 Å². The van der Waals surface area contributed by atoms with E-state index in [1.807, 2.05) is 0 Å². The average molecular weight is 396 g/mol. The Balaban J connectivity index is 1.67. The van der Waals surface area contributed by atoms with Crippen LogP contribution in [0.1, 0.15) is 43.0 Å². The lowest BCUT2D eigenvalue weighted by Crippen LogP contribution is -2.49. The summed E-state index contributed by atoms with van der Waals surface area (Å²) in [5.74, 6) is 1.48. The molecule has 0 radical (unpaired) electrons. The number of nitrogens with one attached hydrogen (secondary N) is 3. The number of para-hydroxylation sites is 1. The number of amides is 5. The summed E-state index contributed by atoms with van der Waals surface area (Å²) in [5.41, 5.74) is -0.372. The van der Waals surface area contributed by atoms with Crippen molar-refractivity contribution in [1.29, 1.82) is 0 Å². The van der Waals surface area contributed by atoms with Gasteiger partial charge < -0.3 is 16.0 Å². The minimum absolute atomic E-state index is 0.0598. The van der Waals surface area contributed by atoms with Crippen LogP contribution in [-0.2, 0) is 9.59 Å². The number of carbonyl (C=O) groups is 4. The molecule has 1 saturated heterocycles. The Morgan fingerprint density at radius 1 is 1.28 bits per heavy atom. The lowest BCUT2D eigenvalue weighted by molar-refractivity contribution is -0.135. The van der Waals surface area contributed by atoms with Crippen molar-refractivity contribution in [2.24, 2.45) is 5.92 Å². The molecule has 1 aliphatic heterocycles. The molecule has 1 saturated carbocycles. The molecule has 1 aromatic carbocycles. The van der Waals surface area contributed by atoms with Gasteiger partial charge >= 0.3 is 6.03 Å². The van der Waals surface area contributed by atoms with E-state index in [0.717, 1.165) is 17.7 Å². The Morgan fingerprint density at radius 2 is 1.97 bits per heavy atom. The fourth-order valence-corrected chi connectivity index (χ4v) is 3.76. The summed E-state index contributed by atoms with van der Waals surface area (Å²) in [6, 6.07) is 5.89. The normalized spacial score (nSPS) is 23.4. The number of carbonyl (C=O) groups excluding carboxylic acids is 4. The number of nitrogens with zero attached hydrogens (tertiary/aromatic N) is 1. The van der Waals surface area contributed by atoms with Crippen molar-refractivity contribution in [3.63, 3.8) is 0 Å². The van der Waals surface area contributed by atoms with E-state index in [9.17, 15) is 19.2 Å². The van der Waals surface area contributed by atoms with Crippen molar-refractivity contribution in [2.75, 3.05) is 18.4 Å². The fourth-order valence-electron chi connectivity index (χ4n) is 3.76. The fraction of sp³-hybridized carbons (Fsp3) is 0.429. The molecule has 1 heterocycles. The second-order valence-corrected chi connectivity index (χ2v) is 7.57. The molecule has 1 aromatic rings. The Labute approximate surface area is 169 Å². The van der Waals surface area contributed by atoms with Crippen LogP contribution in [0.3, 0.4) is 0 Å². The van der Waals surface area contributed by atoms with Crippen LogP contribution in [0.15, 0.2) is 24.3 Å². The highest BCUT2D eigenvalue weighted by molar-refractivity contribution is 6.11. The average Bonchev–Trinajstić information content (AvgIpc) is 2.93. The zero-order valence-electron chi connectivity index (χ0n) is 16.3. The van der Waals surface area contributed by atoms with Gasteiger partial charge in [-0.25, -0.2) is 4.79 Å². The van der Waals surface area contributed by atoms with Gasteiger partial charge in [0, 0.05) is 0 Å². The lowest BCUT2D eigenvalue weighted by Gasteiger charge is -2.33. The number of rotatable bonds is 5. The molecule has 29 heavy (non-hydrogen) atoms. The predicted octanol–water partition coefficient (Wildman–Crippen LogP) is 1.49. The van der Waals surface area contributed by atoms with Gasteiger partial charge in [-0.05, 0) is 43.7 Å². The van der Waals surface area contributed by atoms with Gasteiger partial charge in [-0.3, -0.25) is 19.3 Å². The number of hydrogen-bond donors (Lipinski definition) is 3. The largest absolute Gasteiger partial charge is 0.341 e. The van der Waals surface area contributed by atoms with Crippen LogP contribution in [0, 0.1) is 18.3 Å². The molecule has 8 nitrogen and oxygen atoms in total. The van der Waals surface area contributed by atoms with Crippen LogP contribution in [0.5, 0.6) is 0 Å². The molecule has 0 unspecified atom stereocenters. The zero-order chi connectivity index (χ0) is 21.0. The van der Waals surface area contributed by atoms with Crippen molar-refractivity contribution in [1.82, 2.24) is 15.5 Å². The maximum atomic E-state index is 12.9. The van der Waals surface area contributed by atoms with Crippen LogP contribution in [0.25, 0.3) is 0 Å². The molecular formula is C21H24N4O4. The Morgan fingerprint density at radius 3 is 2.66 bits per heavy atom. The van der Waals surface area contributed by atoms with E-state index in [2.05, 4.69) is 28.8 Å². The third kappa shape index (κ3) is 4.24. The smallest absolute Gasteiger partial charge is 0.325 e. The maximum absolute atomic E-state index is 12.9. The van der Waals surface area contributed by atoms with Gasteiger partial charge in [0.25, 0.3) is 11.8 Å². The minimum atomic E-state index is -0.892. The SMILES string of the molecule is C#CCNC(=O)c1ccccc1NC(=O)CN1C(=O)NC2(CCC(C)CC2)C1=O. The van der Waals surface area contributed by atoms with E-state index >= 15 is 0 Å². The molecule has 8 heteroatoms. The van der Waals surface area contributed by atoms with E-state index < -0.39 is 29.9 Å². The van der Waals surface area contributed by atoms with Crippen molar-refractivity contribution >= 4 is 29.4 Å². The molecule has 152 valence electrons. The van der Waals surface area contributed by atoms with Gasteiger partial charge in [-0.15, -0.1) is 6.42 Å². The van der Waals surface area contributed by atoms with Gasteiger partial charge in [0.15, 0.2) is 0 Å². The van der Waals surface area contributed by atoms with Gasteiger partial charge in [0.2, 0.25) is 5.91 Å². The highest BCUT2D eigenvalue weighted by Crippen LogP contribution is 2.36. The molecule has 1 aliphatic carbocycles. The summed E-state index contributed by atoms with van der Waals surface area (Å²) in [6.07, 6.45) is 8.01. The summed E-state index contributed by atoms with van der Waals surface area (Å²) in [6.45, 7) is 1.77. The molecule has 2 aliphatic rings. The first-order valence-corrected chi connectivity index (χ1v) is 9.61. The quantitative estimate of drug-likeness (QED) is 0.518. The van der Waals surface area contributed by atoms with Gasteiger partial charge in [0.1, 0.15) is 12.1 Å². The highest BCUT2D eigenvalue weighted by atomic mass is 16.2. The molecule has 2 fully saturated rings. The van der Waals surface area contributed by atoms with Crippen LogP contribution >= 0.6 is 0 Å². The topological polar surface area (TPSA) is 108 Å². The third-order valence-corrected chi connectivity index (χ3v) is 5.47. The molecule has 0 bridgehead atoms. The number of benzene rings is 1. The Hall–Kier alpha value is -3.34. The maximum Gasteiger partial charge on any atom is 0.325 e. The molecule has 0 aromatic heterocycles. The summed E-state index contributed by atoms with van der Waals surface area (Å²) in [5, 5.41) is 7.93. The van der Waals surface area contributed by atoms with Crippen molar-refractivity contribution in [2.45, 2.75) is 38.1 Å². The zero-order valence-corrected chi connectivity index (χ0v) is 16.3. The van der Waals surface area contributed by atoms with E-state index in [4.69, 9.17) is 6.42 Å². The summed E-state index contributed by atoms with van der Waals surface area (Å²) < 4.78 is 0. The van der Waals surface area contributed by atoms with Gasteiger partial charge in [0.05, 0.1) is 17.8 Å². The number of imide groups is 1.